The number of carbonyl (C=O) groups is 1. The molecule has 1 atom stereocenters. The molecule has 1 aromatic rings. The van der Waals surface area contributed by atoms with Gasteiger partial charge in [-0.15, -0.1) is 0 Å². The zero-order valence-electron chi connectivity index (χ0n) is 18.0. The molecule has 2 aliphatic rings. The first-order valence-corrected chi connectivity index (χ1v) is 12.1. The highest BCUT2D eigenvalue weighted by atomic mass is 32.2. The second-order valence-electron chi connectivity index (χ2n) is 8.04. The number of rotatable bonds is 7. The van der Waals surface area contributed by atoms with E-state index in [4.69, 9.17) is 9.47 Å². The predicted octanol–water partition coefficient (Wildman–Crippen LogP) is 1.21. The minimum absolute atomic E-state index is 0.0165. The van der Waals surface area contributed by atoms with Crippen molar-refractivity contribution in [2.75, 3.05) is 45.9 Å². The van der Waals surface area contributed by atoms with Gasteiger partial charge in [0.05, 0.1) is 24.2 Å². The molecule has 0 aliphatic carbocycles. The Kier molecular flexibility index (Phi) is 7.75. The van der Waals surface area contributed by atoms with E-state index in [1.807, 2.05) is 13.8 Å². The van der Waals surface area contributed by atoms with E-state index in [1.165, 1.54) is 12.1 Å². The number of hydrogen-bond acceptors (Lipinski definition) is 7. The maximum Gasteiger partial charge on any atom is 0.240 e. The number of carbonyl (C=O) groups excluding carboxylic acids is 1. The van der Waals surface area contributed by atoms with Gasteiger partial charge in [0.2, 0.25) is 15.9 Å². The van der Waals surface area contributed by atoms with E-state index in [2.05, 4.69) is 15.7 Å². The number of nitrogens with zero attached hydrogens (tertiary/aromatic N) is 3. The molecule has 0 bridgehead atoms. The van der Waals surface area contributed by atoms with Crippen molar-refractivity contribution in [1.82, 2.24) is 14.5 Å². The highest BCUT2D eigenvalue weighted by Crippen LogP contribution is 2.31. The summed E-state index contributed by atoms with van der Waals surface area (Å²) in [5, 5.41) is 9.34. The van der Waals surface area contributed by atoms with E-state index in [9.17, 15) is 18.5 Å². The number of amides is 1. The Morgan fingerprint density at radius 1 is 1.16 bits per heavy atom. The first kappa shape index (κ1) is 23.3. The number of fused-ring (bicyclic) bond motifs is 1. The van der Waals surface area contributed by atoms with Gasteiger partial charge in [-0.2, -0.15) is 5.26 Å². The van der Waals surface area contributed by atoms with Crippen molar-refractivity contribution in [2.45, 2.75) is 37.6 Å². The summed E-state index contributed by atoms with van der Waals surface area (Å²) in [6, 6.07) is 6.69. The summed E-state index contributed by atoms with van der Waals surface area (Å²) in [7, 11) is -3.77. The Balaban J connectivity index is 1.49. The zero-order chi connectivity index (χ0) is 22.4. The van der Waals surface area contributed by atoms with E-state index in [0.717, 1.165) is 6.42 Å². The summed E-state index contributed by atoms with van der Waals surface area (Å²) >= 11 is 0. The Bertz CT molecular complexity index is 920. The number of benzene rings is 1. The molecular weight excluding hydrogens is 420 g/mol. The van der Waals surface area contributed by atoms with Crippen LogP contribution in [0.15, 0.2) is 23.1 Å². The van der Waals surface area contributed by atoms with Gasteiger partial charge in [-0.3, -0.25) is 9.69 Å². The van der Waals surface area contributed by atoms with Crippen LogP contribution in [0.4, 0.5) is 0 Å². The predicted molar refractivity (Wildman–Crippen MR) is 114 cm³/mol. The first-order valence-electron chi connectivity index (χ1n) is 10.6. The van der Waals surface area contributed by atoms with Gasteiger partial charge in [0, 0.05) is 51.6 Å². The van der Waals surface area contributed by atoms with Crippen molar-refractivity contribution < 1.29 is 22.7 Å². The highest BCUT2D eigenvalue weighted by Gasteiger charge is 2.28. The second-order valence-corrected chi connectivity index (χ2v) is 9.81. The molecular formula is C21H30N4O5S. The van der Waals surface area contributed by atoms with Crippen LogP contribution in [-0.4, -0.2) is 76.1 Å². The monoisotopic (exact) mass is 450 g/mol. The van der Waals surface area contributed by atoms with E-state index in [1.54, 1.807) is 11.0 Å². The fourth-order valence-corrected chi connectivity index (χ4v) is 4.79. The van der Waals surface area contributed by atoms with Crippen LogP contribution in [0.25, 0.3) is 0 Å². The van der Waals surface area contributed by atoms with Crippen molar-refractivity contribution in [3.63, 3.8) is 0 Å². The third-order valence-electron chi connectivity index (χ3n) is 5.48. The number of hydrogen-bond donors (Lipinski definition) is 1. The van der Waals surface area contributed by atoms with Crippen LogP contribution in [0.1, 0.15) is 26.7 Å². The van der Waals surface area contributed by atoms with Crippen molar-refractivity contribution in [2.24, 2.45) is 5.92 Å². The molecule has 1 aromatic carbocycles. The van der Waals surface area contributed by atoms with E-state index >= 15 is 0 Å². The number of nitriles is 1. The SMILES string of the molecule is CC(C)C(C#N)N1CCN(C(=O)CCNS(=O)(=O)c2ccc3c(c2)OCCCO3)CC1. The average molecular weight is 451 g/mol. The lowest BCUT2D eigenvalue weighted by Gasteiger charge is -2.38. The lowest BCUT2D eigenvalue weighted by atomic mass is 10.0. The van der Waals surface area contributed by atoms with Gasteiger partial charge in [0.1, 0.15) is 6.04 Å². The molecule has 170 valence electrons. The largest absolute Gasteiger partial charge is 0.490 e. The van der Waals surface area contributed by atoms with E-state index < -0.39 is 10.0 Å². The lowest BCUT2D eigenvalue weighted by molar-refractivity contribution is -0.133. The van der Waals surface area contributed by atoms with Crippen molar-refractivity contribution in [3.8, 4) is 17.6 Å². The minimum Gasteiger partial charge on any atom is -0.490 e. The van der Waals surface area contributed by atoms with Crippen LogP contribution >= 0.6 is 0 Å². The summed E-state index contributed by atoms with van der Waals surface area (Å²) in [6.07, 6.45) is 0.815. The summed E-state index contributed by atoms with van der Waals surface area (Å²) in [5.41, 5.74) is 0. The highest BCUT2D eigenvalue weighted by molar-refractivity contribution is 7.89. The van der Waals surface area contributed by atoms with Gasteiger partial charge in [-0.1, -0.05) is 13.8 Å². The molecule has 1 fully saturated rings. The zero-order valence-corrected chi connectivity index (χ0v) is 18.9. The first-order chi connectivity index (χ1) is 14.8. The Hall–Kier alpha value is -2.35. The van der Waals surface area contributed by atoms with Crippen LogP contribution in [-0.2, 0) is 14.8 Å². The van der Waals surface area contributed by atoms with Crippen molar-refractivity contribution in [1.29, 1.82) is 5.26 Å². The summed E-state index contributed by atoms with van der Waals surface area (Å²) < 4.78 is 38.8. The van der Waals surface area contributed by atoms with Crippen LogP contribution in [0.5, 0.6) is 11.5 Å². The average Bonchev–Trinajstić information content (AvgIpc) is 2.99. The summed E-state index contributed by atoms with van der Waals surface area (Å²) in [6.45, 7) is 7.41. The quantitative estimate of drug-likeness (QED) is 0.664. The fourth-order valence-electron chi connectivity index (χ4n) is 3.75. The summed E-state index contributed by atoms with van der Waals surface area (Å²) in [4.78, 5) is 16.4. The Morgan fingerprint density at radius 2 is 1.84 bits per heavy atom. The minimum atomic E-state index is -3.77. The molecule has 0 aromatic heterocycles. The van der Waals surface area contributed by atoms with Crippen LogP contribution in [0.2, 0.25) is 0 Å². The third kappa shape index (κ3) is 5.87. The molecule has 3 rings (SSSR count). The molecule has 2 heterocycles. The maximum absolute atomic E-state index is 12.6. The molecule has 1 N–H and O–H groups in total. The van der Waals surface area contributed by atoms with Crippen LogP contribution < -0.4 is 14.2 Å². The van der Waals surface area contributed by atoms with E-state index in [-0.39, 0.29) is 35.7 Å². The standard InChI is InChI=1S/C21H30N4O5S/c1-16(2)18(15-22)24-8-10-25(11-9-24)21(26)6-7-23-31(27,28)17-4-5-19-20(14-17)30-13-3-12-29-19/h4-5,14,16,18,23H,3,6-13H2,1-2H3. The van der Waals surface area contributed by atoms with Gasteiger partial charge >= 0.3 is 0 Å². The molecule has 0 radical (unpaired) electrons. The van der Waals surface area contributed by atoms with Crippen LogP contribution in [0, 0.1) is 17.2 Å². The van der Waals surface area contributed by atoms with Crippen molar-refractivity contribution in [3.05, 3.63) is 18.2 Å². The van der Waals surface area contributed by atoms with Gasteiger partial charge in [-0.05, 0) is 18.1 Å². The Labute approximate surface area is 184 Å². The molecule has 31 heavy (non-hydrogen) atoms. The molecule has 0 spiro atoms. The van der Waals surface area contributed by atoms with E-state index in [0.29, 0.717) is 50.9 Å². The van der Waals surface area contributed by atoms with Gasteiger partial charge in [-0.25, -0.2) is 13.1 Å². The Morgan fingerprint density at radius 3 is 2.48 bits per heavy atom. The molecule has 1 amide bonds. The third-order valence-corrected chi connectivity index (χ3v) is 6.94. The van der Waals surface area contributed by atoms with Gasteiger partial charge in [0.15, 0.2) is 11.5 Å². The number of piperazine rings is 1. The van der Waals surface area contributed by atoms with Crippen molar-refractivity contribution >= 4 is 15.9 Å². The summed E-state index contributed by atoms with van der Waals surface area (Å²) in [5.74, 6) is 1.07. The topological polar surface area (TPSA) is 112 Å². The lowest BCUT2D eigenvalue weighted by Crippen LogP contribution is -2.53. The second kappa shape index (κ2) is 10.3. The smallest absolute Gasteiger partial charge is 0.240 e. The molecule has 0 saturated carbocycles. The molecule has 1 unspecified atom stereocenters. The van der Waals surface area contributed by atoms with Gasteiger partial charge < -0.3 is 14.4 Å². The molecule has 10 heteroatoms. The number of nitrogens with one attached hydrogen (secondary N) is 1. The molecule has 2 aliphatic heterocycles. The molecule has 1 saturated heterocycles. The van der Waals surface area contributed by atoms with Gasteiger partial charge in [0.25, 0.3) is 0 Å². The molecule has 9 nitrogen and oxygen atoms in total. The fraction of sp³-hybridized carbons (Fsp3) is 0.619. The maximum atomic E-state index is 12.6. The van der Waals surface area contributed by atoms with Crippen LogP contribution in [0.3, 0.4) is 0 Å². The number of ether oxygens (including phenoxy) is 2. The normalized spacial score (nSPS) is 18.3. The number of sulfonamides is 1.